The number of halogens is 2. The molecule has 8 heteroatoms. The standard InChI is InChI=1S/C19H24FN5O.HI/c1-13-6-7-15(11-17(13)20)14(2)25-19(21-3)24-10-9-23-18(26)16-5-4-8-22-12-16;/h4-8,11-12,14H,9-10H2,1-3H3,(H,23,26)(H2,21,24,25);1H. The number of aryl methyl sites for hydroxylation is 1. The molecule has 1 atom stereocenters. The molecule has 146 valence electrons. The molecule has 1 amide bonds. The van der Waals surface area contributed by atoms with Crippen molar-refractivity contribution in [3.63, 3.8) is 0 Å². The lowest BCUT2D eigenvalue weighted by atomic mass is 10.1. The van der Waals surface area contributed by atoms with E-state index in [0.717, 1.165) is 5.56 Å². The van der Waals surface area contributed by atoms with E-state index in [0.29, 0.717) is 30.2 Å². The van der Waals surface area contributed by atoms with Gasteiger partial charge in [-0.15, -0.1) is 24.0 Å². The van der Waals surface area contributed by atoms with Gasteiger partial charge in [-0.25, -0.2) is 4.39 Å². The summed E-state index contributed by atoms with van der Waals surface area (Å²) in [5.74, 6) is 0.178. The molecule has 0 bridgehead atoms. The summed E-state index contributed by atoms with van der Waals surface area (Å²) in [6.45, 7) is 4.60. The number of carbonyl (C=O) groups is 1. The Morgan fingerprint density at radius 3 is 2.63 bits per heavy atom. The van der Waals surface area contributed by atoms with Gasteiger partial charge in [-0.1, -0.05) is 12.1 Å². The predicted molar refractivity (Wildman–Crippen MR) is 116 cm³/mol. The molecule has 2 rings (SSSR count). The Balaban J connectivity index is 0.00000364. The van der Waals surface area contributed by atoms with Gasteiger partial charge in [-0.3, -0.25) is 14.8 Å². The van der Waals surface area contributed by atoms with Gasteiger partial charge in [0.05, 0.1) is 11.6 Å². The Morgan fingerprint density at radius 1 is 1.26 bits per heavy atom. The molecule has 0 saturated heterocycles. The van der Waals surface area contributed by atoms with Crippen LogP contribution in [0.3, 0.4) is 0 Å². The Labute approximate surface area is 176 Å². The van der Waals surface area contributed by atoms with Gasteiger partial charge in [0.15, 0.2) is 5.96 Å². The summed E-state index contributed by atoms with van der Waals surface area (Å²) in [5.41, 5.74) is 1.97. The highest BCUT2D eigenvalue weighted by Gasteiger charge is 2.10. The quantitative estimate of drug-likeness (QED) is 0.255. The first-order valence-electron chi connectivity index (χ1n) is 8.42. The number of rotatable bonds is 6. The molecule has 0 aliphatic heterocycles. The molecule has 0 spiro atoms. The number of guanidine groups is 1. The number of hydrogen-bond donors (Lipinski definition) is 3. The number of amides is 1. The van der Waals surface area contributed by atoms with E-state index in [1.807, 2.05) is 13.0 Å². The van der Waals surface area contributed by atoms with Crippen molar-refractivity contribution in [1.29, 1.82) is 0 Å². The molecular weight excluding hydrogens is 460 g/mol. The molecule has 0 saturated carbocycles. The van der Waals surface area contributed by atoms with Crippen LogP contribution < -0.4 is 16.0 Å². The average molecular weight is 485 g/mol. The van der Waals surface area contributed by atoms with Crippen molar-refractivity contribution in [1.82, 2.24) is 20.9 Å². The predicted octanol–water partition coefficient (Wildman–Crippen LogP) is 2.80. The van der Waals surface area contributed by atoms with Crippen LogP contribution in [0.5, 0.6) is 0 Å². The lowest BCUT2D eigenvalue weighted by molar-refractivity contribution is 0.0954. The van der Waals surface area contributed by atoms with Crippen LogP contribution in [0.15, 0.2) is 47.7 Å². The van der Waals surface area contributed by atoms with E-state index >= 15 is 0 Å². The lowest BCUT2D eigenvalue weighted by Crippen LogP contribution is -2.42. The average Bonchev–Trinajstić information content (AvgIpc) is 2.66. The third kappa shape index (κ3) is 7.12. The van der Waals surface area contributed by atoms with Gasteiger partial charge < -0.3 is 16.0 Å². The van der Waals surface area contributed by atoms with E-state index in [1.165, 1.54) is 12.3 Å². The topological polar surface area (TPSA) is 78.4 Å². The first kappa shape index (κ1) is 22.8. The van der Waals surface area contributed by atoms with Crippen LogP contribution in [0.1, 0.15) is 34.5 Å². The third-order valence-electron chi connectivity index (χ3n) is 3.90. The third-order valence-corrected chi connectivity index (χ3v) is 3.90. The van der Waals surface area contributed by atoms with Crippen LogP contribution in [-0.2, 0) is 0 Å². The van der Waals surface area contributed by atoms with Crippen molar-refractivity contribution in [2.24, 2.45) is 4.99 Å². The van der Waals surface area contributed by atoms with Crippen LogP contribution in [0.4, 0.5) is 4.39 Å². The highest BCUT2D eigenvalue weighted by Crippen LogP contribution is 2.16. The summed E-state index contributed by atoms with van der Waals surface area (Å²) >= 11 is 0. The summed E-state index contributed by atoms with van der Waals surface area (Å²) < 4.78 is 13.7. The maximum Gasteiger partial charge on any atom is 0.252 e. The van der Waals surface area contributed by atoms with Gasteiger partial charge in [0.25, 0.3) is 5.91 Å². The van der Waals surface area contributed by atoms with Gasteiger partial charge in [-0.05, 0) is 43.2 Å². The first-order valence-corrected chi connectivity index (χ1v) is 8.42. The minimum absolute atomic E-state index is 0. The van der Waals surface area contributed by atoms with Crippen molar-refractivity contribution in [3.05, 3.63) is 65.2 Å². The van der Waals surface area contributed by atoms with Gasteiger partial charge in [0.2, 0.25) is 0 Å². The molecular formula is C19H25FIN5O. The summed E-state index contributed by atoms with van der Waals surface area (Å²) in [6.07, 6.45) is 3.14. The van der Waals surface area contributed by atoms with Crippen LogP contribution in [0.25, 0.3) is 0 Å². The van der Waals surface area contributed by atoms with Crippen molar-refractivity contribution >= 4 is 35.8 Å². The van der Waals surface area contributed by atoms with Crippen LogP contribution in [0, 0.1) is 12.7 Å². The van der Waals surface area contributed by atoms with Crippen molar-refractivity contribution in [2.75, 3.05) is 20.1 Å². The zero-order valence-corrected chi connectivity index (χ0v) is 18.0. The molecule has 0 aliphatic rings. The van der Waals surface area contributed by atoms with Gasteiger partial charge in [0.1, 0.15) is 5.82 Å². The number of carbonyl (C=O) groups excluding carboxylic acids is 1. The maximum absolute atomic E-state index is 13.7. The van der Waals surface area contributed by atoms with Crippen molar-refractivity contribution in [3.8, 4) is 0 Å². The number of aromatic nitrogens is 1. The minimum Gasteiger partial charge on any atom is -0.355 e. The fourth-order valence-electron chi connectivity index (χ4n) is 2.32. The van der Waals surface area contributed by atoms with E-state index in [9.17, 15) is 9.18 Å². The molecule has 1 aromatic heterocycles. The largest absolute Gasteiger partial charge is 0.355 e. The molecule has 27 heavy (non-hydrogen) atoms. The number of hydrogen-bond acceptors (Lipinski definition) is 3. The van der Waals surface area contributed by atoms with E-state index in [1.54, 1.807) is 38.4 Å². The second-order valence-corrected chi connectivity index (χ2v) is 5.87. The van der Waals surface area contributed by atoms with E-state index in [4.69, 9.17) is 0 Å². The lowest BCUT2D eigenvalue weighted by Gasteiger charge is -2.19. The van der Waals surface area contributed by atoms with Gasteiger partial charge in [0, 0.05) is 32.5 Å². The fourth-order valence-corrected chi connectivity index (χ4v) is 2.32. The summed E-state index contributed by atoms with van der Waals surface area (Å²) in [4.78, 5) is 20.0. The monoisotopic (exact) mass is 485 g/mol. The second kappa shape index (κ2) is 11.5. The number of pyridine rings is 1. The summed E-state index contributed by atoms with van der Waals surface area (Å²) in [6, 6.07) is 8.48. The van der Waals surface area contributed by atoms with Crippen molar-refractivity contribution in [2.45, 2.75) is 19.9 Å². The number of benzene rings is 1. The number of nitrogens with zero attached hydrogens (tertiary/aromatic N) is 2. The zero-order valence-electron chi connectivity index (χ0n) is 15.6. The molecule has 3 N–H and O–H groups in total. The van der Waals surface area contributed by atoms with E-state index in [2.05, 4.69) is 25.9 Å². The highest BCUT2D eigenvalue weighted by molar-refractivity contribution is 14.0. The SMILES string of the molecule is CN=C(NCCNC(=O)c1cccnc1)NC(C)c1ccc(C)c(F)c1.I. The molecule has 0 fully saturated rings. The molecule has 1 heterocycles. The first-order chi connectivity index (χ1) is 12.5. The van der Waals surface area contributed by atoms with E-state index in [-0.39, 0.29) is 41.7 Å². The van der Waals surface area contributed by atoms with Crippen LogP contribution in [-0.4, -0.2) is 37.0 Å². The number of nitrogens with one attached hydrogen (secondary N) is 3. The van der Waals surface area contributed by atoms with Gasteiger partial charge in [-0.2, -0.15) is 0 Å². The van der Waals surface area contributed by atoms with Gasteiger partial charge >= 0.3 is 0 Å². The smallest absolute Gasteiger partial charge is 0.252 e. The second-order valence-electron chi connectivity index (χ2n) is 5.87. The molecule has 1 aromatic carbocycles. The molecule has 2 aromatic rings. The van der Waals surface area contributed by atoms with Crippen LogP contribution >= 0.6 is 24.0 Å². The molecule has 6 nitrogen and oxygen atoms in total. The zero-order chi connectivity index (χ0) is 18.9. The summed E-state index contributed by atoms with van der Waals surface area (Å²) in [5, 5.41) is 9.12. The maximum atomic E-state index is 13.7. The van der Waals surface area contributed by atoms with Crippen molar-refractivity contribution < 1.29 is 9.18 Å². The molecule has 0 aliphatic carbocycles. The Morgan fingerprint density at radius 2 is 2.00 bits per heavy atom. The highest BCUT2D eigenvalue weighted by atomic mass is 127. The minimum atomic E-state index is -0.225. The Bertz CT molecular complexity index is 770. The molecule has 0 radical (unpaired) electrons. The fraction of sp³-hybridized carbons (Fsp3) is 0.316. The van der Waals surface area contributed by atoms with E-state index < -0.39 is 0 Å². The summed E-state index contributed by atoms with van der Waals surface area (Å²) in [7, 11) is 1.66. The van der Waals surface area contributed by atoms with Crippen LogP contribution in [0.2, 0.25) is 0 Å². The normalized spacial score (nSPS) is 11.9. The number of aliphatic imine (C=N–C) groups is 1. The Hall–Kier alpha value is -2.23. The Kier molecular flexibility index (Phi) is 9.70. The molecule has 1 unspecified atom stereocenters.